The summed E-state index contributed by atoms with van der Waals surface area (Å²) < 4.78 is 24.6. The van der Waals surface area contributed by atoms with Crippen LogP contribution in [0, 0.1) is 12.7 Å². The number of aryl methyl sites for hydroxylation is 2. The Morgan fingerprint density at radius 2 is 2.04 bits per heavy atom. The van der Waals surface area contributed by atoms with E-state index in [0.29, 0.717) is 18.8 Å². The maximum atomic E-state index is 13.1. The highest BCUT2D eigenvalue weighted by molar-refractivity contribution is 5.91. The van der Waals surface area contributed by atoms with Crippen LogP contribution in [-0.4, -0.2) is 30.5 Å². The number of carbonyl (C=O) groups is 1. The van der Waals surface area contributed by atoms with Crippen LogP contribution in [0.25, 0.3) is 0 Å². The van der Waals surface area contributed by atoms with Gasteiger partial charge in [-0.15, -0.1) is 0 Å². The number of nitrogens with zero attached hydrogens (tertiary/aromatic N) is 1. The van der Waals surface area contributed by atoms with Crippen LogP contribution >= 0.6 is 0 Å². The maximum absolute atomic E-state index is 13.1. The summed E-state index contributed by atoms with van der Waals surface area (Å²) in [7, 11) is 1.81. The van der Waals surface area contributed by atoms with Gasteiger partial charge in [0.05, 0.1) is 6.10 Å². The Bertz CT molecular complexity index is 738. The molecule has 2 heterocycles. The molecule has 1 aliphatic rings. The quantitative estimate of drug-likeness (QED) is 0.830. The molecule has 2 atom stereocenters. The van der Waals surface area contributed by atoms with Gasteiger partial charge in [0.15, 0.2) is 5.76 Å². The summed E-state index contributed by atoms with van der Waals surface area (Å²) in [5, 5.41) is 0. The lowest BCUT2D eigenvalue weighted by Gasteiger charge is -2.35. The molecule has 1 saturated heterocycles. The maximum Gasteiger partial charge on any atom is 0.289 e. The van der Waals surface area contributed by atoms with Crippen molar-refractivity contribution in [3.05, 3.63) is 58.8 Å². The van der Waals surface area contributed by atoms with Crippen LogP contribution in [0.2, 0.25) is 0 Å². The Morgan fingerprint density at radius 3 is 2.68 bits per heavy atom. The van der Waals surface area contributed by atoms with Crippen molar-refractivity contribution in [2.24, 2.45) is 0 Å². The van der Waals surface area contributed by atoms with E-state index in [-0.39, 0.29) is 23.9 Å². The van der Waals surface area contributed by atoms with Gasteiger partial charge < -0.3 is 14.1 Å². The first-order valence-corrected chi connectivity index (χ1v) is 8.73. The summed E-state index contributed by atoms with van der Waals surface area (Å²) in [6, 6.07) is 8.24. The van der Waals surface area contributed by atoms with E-state index in [2.05, 4.69) is 0 Å². The second-order valence-corrected chi connectivity index (χ2v) is 6.58. The number of furan rings is 1. The highest BCUT2D eigenvalue weighted by atomic mass is 19.1. The molecule has 0 bridgehead atoms. The van der Waals surface area contributed by atoms with Gasteiger partial charge in [0, 0.05) is 26.1 Å². The topological polar surface area (TPSA) is 42.7 Å². The lowest BCUT2D eigenvalue weighted by atomic mass is 9.96. The Morgan fingerprint density at radius 1 is 1.32 bits per heavy atom. The average Bonchev–Trinajstić information content (AvgIpc) is 3.02. The number of halogens is 1. The Labute approximate surface area is 147 Å². The third-order valence-corrected chi connectivity index (χ3v) is 4.92. The first-order valence-electron chi connectivity index (χ1n) is 8.73. The third-order valence-electron chi connectivity index (χ3n) is 4.92. The molecule has 0 spiro atoms. The monoisotopic (exact) mass is 345 g/mol. The molecule has 0 N–H and O–H groups in total. The predicted molar refractivity (Wildman–Crippen MR) is 93.0 cm³/mol. The molecule has 25 heavy (non-hydrogen) atoms. The van der Waals surface area contributed by atoms with Crippen LogP contribution in [-0.2, 0) is 11.2 Å². The molecule has 5 heteroatoms. The standard InChI is InChI=1S/C20H24FNO3/c1-4-17-13(2)11-19(25-17)20(23)22(3)16-9-10-24-18(12-16)14-5-7-15(21)8-6-14/h5-8,11,16,18H,4,9-10,12H2,1-3H3/t16-,18+/m1/s1. The summed E-state index contributed by atoms with van der Waals surface area (Å²) in [5.41, 5.74) is 1.95. The number of hydrogen-bond donors (Lipinski definition) is 0. The fourth-order valence-electron chi connectivity index (χ4n) is 3.36. The Kier molecular flexibility index (Phi) is 5.23. The van der Waals surface area contributed by atoms with Gasteiger partial charge in [-0.1, -0.05) is 19.1 Å². The van der Waals surface area contributed by atoms with Gasteiger partial charge >= 0.3 is 0 Å². The molecular weight excluding hydrogens is 321 g/mol. The second-order valence-electron chi connectivity index (χ2n) is 6.58. The number of ether oxygens (including phenoxy) is 1. The molecular formula is C20H24FNO3. The highest BCUT2D eigenvalue weighted by Crippen LogP contribution is 2.31. The number of rotatable bonds is 4. The molecule has 1 aromatic heterocycles. The number of benzene rings is 1. The summed E-state index contributed by atoms with van der Waals surface area (Å²) in [5.74, 6) is 0.880. The minimum absolute atomic E-state index is 0.0618. The van der Waals surface area contributed by atoms with Crippen molar-refractivity contribution >= 4 is 5.91 Å². The van der Waals surface area contributed by atoms with Crippen molar-refractivity contribution in [1.82, 2.24) is 4.90 Å². The summed E-state index contributed by atoms with van der Waals surface area (Å²) in [6.45, 7) is 4.54. The molecule has 2 aromatic rings. The van der Waals surface area contributed by atoms with Crippen molar-refractivity contribution < 1.29 is 18.3 Å². The van der Waals surface area contributed by atoms with E-state index in [1.54, 1.807) is 17.0 Å². The van der Waals surface area contributed by atoms with Gasteiger partial charge in [-0.05, 0) is 49.1 Å². The zero-order valence-electron chi connectivity index (χ0n) is 14.9. The van der Waals surface area contributed by atoms with E-state index in [0.717, 1.165) is 29.7 Å². The van der Waals surface area contributed by atoms with E-state index in [9.17, 15) is 9.18 Å². The van der Waals surface area contributed by atoms with Crippen LogP contribution in [0.5, 0.6) is 0 Å². The van der Waals surface area contributed by atoms with E-state index in [1.807, 2.05) is 27.0 Å². The fraction of sp³-hybridized carbons (Fsp3) is 0.450. The molecule has 0 radical (unpaired) electrons. The minimum Gasteiger partial charge on any atom is -0.456 e. The van der Waals surface area contributed by atoms with Crippen molar-refractivity contribution in [2.45, 2.75) is 45.3 Å². The van der Waals surface area contributed by atoms with Crippen LogP contribution in [0.3, 0.4) is 0 Å². The van der Waals surface area contributed by atoms with Crippen molar-refractivity contribution in [3.63, 3.8) is 0 Å². The van der Waals surface area contributed by atoms with Crippen LogP contribution in [0.4, 0.5) is 4.39 Å². The smallest absolute Gasteiger partial charge is 0.289 e. The fourth-order valence-corrected chi connectivity index (χ4v) is 3.36. The third kappa shape index (κ3) is 3.76. The number of amides is 1. The van der Waals surface area contributed by atoms with Gasteiger partial charge in [0.2, 0.25) is 0 Å². The first kappa shape index (κ1) is 17.7. The van der Waals surface area contributed by atoms with E-state index in [1.165, 1.54) is 12.1 Å². The van der Waals surface area contributed by atoms with Gasteiger partial charge in [-0.3, -0.25) is 4.79 Å². The minimum atomic E-state index is -0.261. The van der Waals surface area contributed by atoms with Gasteiger partial charge in [-0.2, -0.15) is 0 Å². The summed E-state index contributed by atoms with van der Waals surface area (Å²) >= 11 is 0. The van der Waals surface area contributed by atoms with Crippen LogP contribution < -0.4 is 0 Å². The molecule has 0 unspecified atom stereocenters. The molecule has 4 nitrogen and oxygen atoms in total. The normalized spacial score (nSPS) is 20.5. The SMILES string of the molecule is CCc1oc(C(=O)N(C)[C@@H]2CCO[C@H](c3ccc(F)cc3)C2)cc1C. The molecule has 1 fully saturated rings. The van der Waals surface area contributed by atoms with Crippen molar-refractivity contribution in [1.29, 1.82) is 0 Å². The first-order chi connectivity index (χ1) is 12.0. The lowest BCUT2D eigenvalue weighted by Crippen LogP contribution is -2.41. The summed E-state index contributed by atoms with van der Waals surface area (Å²) in [6.07, 6.45) is 2.11. The predicted octanol–water partition coefficient (Wildman–Crippen LogP) is 4.28. The van der Waals surface area contributed by atoms with Crippen molar-refractivity contribution in [2.75, 3.05) is 13.7 Å². The molecule has 1 aromatic carbocycles. The Hall–Kier alpha value is -2.14. The van der Waals surface area contributed by atoms with Gasteiger partial charge in [0.1, 0.15) is 11.6 Å². The molecule has 0 aliphatic carbocycles. The van der Waals surface area contributed by atoms with Crippen LogP contribution in [0.15, 0.2) is 34.7 Å². The van der Waals surface area contributed by atoms with E-state index >= 15 is 0 Å². The van der Waals surface area contributed by atoms with E-state index < -0.39 is 0 Å². The largest absolute Gasteiger partial charge is 0.456 e. The van der Waals surface area contributed by atoms with Gasteiger partial charge in [-0.25, -0.2) is 4.39 Å². The zero-order valence-corrected chi connectivity index (χ0v) is 14.9. The van der Waals surface area contributed by atoms with Gasteiger partial charge in [0.25, 0.3) is 5.91 Å². The molecule has 3 rings (SSSR count). The summed E-state index contributed by atoms with van der Waals surface area (Å²) in [4.78, 5) is 14.5. The lowest BCUT2D eigenvalue weighted by molar-refractivity contribution is -0.0203. The van der Waals surface area contributed by atoms with Crippen LogP contribution in [0.1, 0.15) is 53.3 Å². The van der Waals surface area contributed by atoms with Crippen molar-refractivity contribution in [3.8, 4) is 0 Å². The zero-order chi connectivity index (χ0) is 18.0. The number of hydrogen-bond acceptors (Lipinski definition) is 3. The molecule has 1 amide bonds. The molecule has 134 valence electrons. The number of carbonyl (C=O) groups excluding carboxylic acids is 1. The molecule has 0 saturated carbocycles. The average molecular weight is 345 g/mol. The Balaban J connectivity index is 1.71. The highest BCUT2D eigenvalue weighted by Gasteiger charge is 2.30. The van der Waals surface area contributed by atoms with E-state index in [4.69, 9.17) is 9.15 Å². The molecule has 1 aliphatic heterocycles. The second kappa shape index (κ2) is 7.40.